The summed E-state index contributed by atoms with van der Waals surface area (Å²) in [5.41, 5.74) is -2.57. The van der Waals surface area contributed by atoms with Crippen LogP contribution >= 0.6 is 0 Å². The van der Waals surface area contributed by atoms with Crippen LogP contribution in [-0.2, 0) is 9.47 Å². The van der Waals surface area contributed by atoms with Gasteiger partial charge in [0.1, 0.15) is 22.7 Å². The average Bonchev–Trinajstić information content (AvgIpc) is 3.65. The molecular weight excluding hydrogens is 540 g/mol. The molecule has 42 heavy (non-hydrogen) atoms. The number of benzene rings is 2. The van der Waals surface area contributed by atoms with Crippen LogP contribution in [0, 0.1) is 0 Å². The third kappa shape index (κ3) is 5.18. The molecule has 0 bridgehead atoms. The van der Waals surface area contributed by atoms with Crippen molar-refractivity contribution in [2.24, 2.45) is 0 Å². The molecule has 0 unspecified atom stereocenters. The molecule has 4 aliphatic heterocycles. The van der Waals surface area contributed by atoms with E-state index in [0.717, 1.165) is 12.8 Å². The molecule has 2 amide bonds. The van der Waals surface area contributed by atoms with E-state index in [4.69, 9.17) is 18.9 Å². The summed E-state index contributed by atoms with van der Waals surface area (Å²) in [5, 5.41) is 0. The number of amides is 2. The van der Waals surface area contributed by atoms with Gasteiger partial charge in [0.05, 0.1) is 11.1 Å². The van der Waals surface area contributed by atoms with E-state index < -0.39 is 34.8 Å². The van der Waals surface area contributed by atoms with Gasteiger partial charge in [-0.05, 0) is 78.6 Å². The molecule has 2 fully saturated rings. The van der Waals surface area contributed by atoms with E-state index in [1.54, 1.807) is 77.9 Å². The Kier molecular flexibility index (Phi) is 7.23. The molecule has 4 aliphatic rings. The lowest BCUT2D eigenvalue weighted by atomic mass is 10.0. The van der Waals surface area contributed by atoms with Crippen LogP contribution in [0.25, 0.3) is 0 Å². The highest BCUT2D eigenvalue weighted by atomic mass is 16.6. The molecule has 10 heteroatoms. The molecule has 4 heterocycles. The molecule has 2 spiro atoms. The van der Waals surface area contributed by atoms with Crippen molar-refractivity contribution in [1.29, 1.82) is 0 Å². The number of ketones is 2. The van der Waals surface area contributed by atoms with E-state index in [9.17, 15) is 19.2 Å². The lowest BCUT2D eigenvalue weighted by Gasteiger charge is -2.33. The highest BCUT2D eigenvalue weighted by molar-refractivity contribution is 6.09. The van der Waals surface area contributed by atoms with E-state index in [0.29, 0.717) is 48.6 Å². The summed E-state index contributed by atoms with van der Waals surface area (Å²) < 4.78 is 22.6. The molecule has 2 aromatic carbocycles. The fraction of sp³-hybridized carbons (Fsp3) is 0.500. The minimum Gasteiger partial charge on any atom is -0.459 e. The predicted octanol–water partition coefficient (Wildman–Crippen LogP) is 5.98. The van der Waals surface area contributed by atoms with Crippen molar-refractivity contribution in [1.82, 2.24) is 9.80 Å². The molecule has 2 aromatic rings. The van der Waals surface area contributed by atoms with Crippen LogP contribution in [0.2, 0.25) is 0 Å². The average molecular weight is 579 g/mol. The third-order valence-corrected chi connectivity index (χ3v) is 7.43. The zero-order valence-electron chi connectivity index (χ0n) is 25.0. The van der Waals surface area contributed by atoms with Crippen molar-refractivity contribution >= 4 is 23.8 Å². The quantitative estimate of drug-likeness (QED) is 0.376. The first-order chi connectivity index (χ1) is 19.7. The lowest BCUT2D eigenvalue weighted by Crippen LogP contribution is -2.55. The number of nitrogens with zero attached hydrogens (tertiary/aromatic N) is 2. The SMILES string of the molecule is CC(C)(C)OC(=O)N1CCC[C@]12Oc1ccccc1C2=O.CC(C)(C)OC(=O)N1CCC[C@]12Oc1ccccc1C2=O. The summed E-state index contributed by atoms with van der Waals surface area (Å²) >= 11 is 0. The van der Waals surface area contributed by atoms with Gasteiger partial charge in [-0.25, -0.2) is 9.59 Å². The van der Waals surface area contributed by atoms with Crippen molar-refractivity contribution in [3.8, 4) is 11.5 Å². The first kappa shape index (κ1) is 29.4. The maximum Gasteiger partial charge on any atom is 0.413 e. The predicted molar refractivity (Wildman–Crippen MR) is 153 cm³/mol. The first-order valence-corrected chi connectivity index (χ1v) is 14.3. The summed E-state index contributed by atoms with van der Waals surface area (Å²) in [5.74, 6) is 0.777. The van der Waals surface area contributed by atoms with Crippen molar-refractivity contribution in [3.05, 3.63) is 59.7 Å². The minimum absolute atomic E-state index is 0.151. The molecule has 2 saturated heterocycles. The summed E-state index contributed by atoms with van der Waals surface area (Å²) in [6, 6.07) is 14.2. The molecule has 0 N–H and O–H groups in total. The zero-order chi connectivity index (χ0) is 30.5. The van der Waals surface area contributed by atoms with Crippen LogP contribution in [0.4, 0.5) is 9.59 Å². The second-order valence-corrected chi connectivity index (χ2v) is 12.9. The maximum atomic E-state index is 12.7. The van der Waals surface area contributed by atoms with Crippen molar-refractivity contribution < 1.29 is 38.1 Å². The number of para-hydroxylation sites is 2. The Morgan fingerprint density at radius 2 is 1.02 bits per heavy atom. The van der Waals surface area contributed by atoms with Gasteiger partial charge in [0.25, 0.3) is 11.4 Å². The molecule has 6 rings (SSSR count). The van der Waals surface area contributed by atoms with Gasteiger partial charge in [-0.1, -0.05) is 24.3 Å². The summed E-state index contributed by atoms with van der Waals surface area (Å²) in [6.07, 6.45) is 1.44. The van der Waals surface area contributed by atoms with E-state index in [-0.39, 0.29) is 11.6 Å². The van der Waals surface area contributed by atoms with Gasteiger partial charge >= 0.3 is 12.2 Å². The molecule has 2 atom stereocenters. The third-order valence-electron chi connectivity index (χ3n) is 7.43. The molecule has 0 saturated carbocycles. The van der Waals surface area contributed by atoms with Gasteiger partial charge in [0.15, 0.2) is 0 Å². The Labute approximate surface area is 245 Å². The van der Waals surface area contributed by atoms with Crippen LogP contribution in [0.1, 0.15) is 87.9 Å². The van der Waals surface area contributed by atoms with Crippen LogP contribution in [-0.4, -0.2) is 69.3 Å². The zero-order valence-corrected chi connectivity index (χ0v) is 25.0. The fourth-order valence-electron chi connectivity index (χ4n) is 5.74. The minimum atomic E-state index is -1.22. The topological polar surface area (TPSA) is 112 Å². The maximum absolute atomic E-state index is 12.7. The summed E-state index contributed by atoms with van der Waals surface area (Å²) in [4.78, 5) is 53.1. The van der Waals surface area contributed by atoms with E-state index in [1.807, 2.05) is 12.1 Å². The number of likely N-dealkylation sites (tertiary alicyclic amines) is 2. The van der Waals surface area contributed by atoms with Crippen LogP contribution < -0.4 is 9.47 Å². The second kappa shape index (κ2) is 10.3. The van der Waals surface area contributed by atoms with E-state index in [1.165, 1.54) is 9.80 Å². The van der Waals surface area contributed by atoms with E-state index in [2.05, 4.69) is 0 Å². The highest BCUT2D eigenvalue weighted by Gasteiger charge is 2.58. The van der Waals surface area contributed by atoms with Crippen molar-refractivity contribution in [2.45, 2.75) is 89.9 Å². The summed E-state index contributed by atoms with van der Waals surface area (Å²) in [6.45, 7) is 11.8. The standard InChI is InChI=1S/2C16H19NO4/c2*1-15(2,3)21-14(19)17-10-6-9-16(17)13(18)11-7-4-5-8-12(11)20-16/h2*4-5,7-8H,6,9-10H2,1-3H3/t2*16-/m11/s1. The largest absolute Gasteiger partial charge is 0.459 e. The number of hydrogen-bond acceptors (Lipinski definition) is 8. The number of carbonyl (C=O) groups excluding carboxylic acids is 4. The Bertz CT molecular complexity index is 1320. The Balaban J connectivity index is 0.000000168. The molecule has 0 aliphatic carbocycles. The molecule has 0 aromatic heterocycles. The molecule has 10 nitrogen and oxygen atoms in total. The van der Waals surface area contributed by atoms with Crippen molar-refractivity contribution in [3.63, 3.8) is 0 Å². The number of carbonyl (C=O) groups is 4. The van der Waals surface area contributed by atoms with Gasteiger partial charge in [0.2, 0.25) is 11.6 Å². The Hall–Kier alpha value is -4.08. The van der Waals surface area contributed by atoms with Gasteiger partial charge in [-0.2, -0.15) is 0 Å². The number of Topliss-reactive ketones (excluding diaryl/α,β-unsaturated/α-hetero) is 2. The molecular formula is C32H38N2O8. The monoisotopic (exact) mass is 578 g/mol. The number of ether oxygens (including phenoxy) is 4. The molecule has 224 valence electrons. The van der Waals surface area contributed by atoms with Crippen LogP contribution in [0.15, 0.2) is 48.5 Å². The normalized spacial score (nSPS) is 24.1. The van der Waals surface area contributed by atoms with Gasteiger partial charge in [-0.3, -0.25) is 19.4 Å². The fourth-order valence-corrected chi connectivity index (χ4v) is 5.74. The number of hydrogen-bond donors (Lipinski definition) is 0. The smallest absolute Gasteiger partial charge is 0.413 e. The first-order valence-electron chi connectivity index (χ1n) is 14.3. The lowest BCUT2D eigenvalue weighted by molar-refractivity contribution is -0.0407. The van der Waals surface area contributed by atoms with Crippen molar-refractivity contribution in [2.75, 3.05) is 13.1 Å². The number of fused-ring (bicyclic) bond motifs is 2. The van der Waals surface area contributed by atoms with Gasteiger partial charge < -0.3 is 18.9 Å². The number of rotatable bonds is 0. The van der Waals surface area contributed by atoms with E-state index >= 15 is 0 Å². The Morgan fingerprint density at radius 3 is 1.36 bits per heavy atom. The second-order valence-electron chi connectivity index (χ2n) is 12.9. The van der Waals surface area contributed by atoms with Crippen LogP contribution in [0.5, 0.6) is 11.5 Å². The van der Waals surface area contributed by atoms with Gasteiger partial charge in [-0.15, -0.1) is 0 Å². The molecule has 0 radical (unpaired) electrons. The Morgan fingerprint density at radius 1 is 0.667 bits per heavy atom. The van der Waals surface area contributed by atoms with Gasteiger partial charge in [0, 0.05) is 25.9 Å². The van der Waals surface area contributed by atoms with Crippen LogP contribution in [0.3, 0.4) is 0 Å². The highest BCUT2D eigenvalue weighted by Crippen LogP contribution is 2.44. The summed E-state index contributed by atoms with van der Waals surface area (Å²) in [7, 11) is 0.